The number of anilines is 1. The zero-order valence-corrected chi connectivity index (χ0v) is 11.0. The highest BCUT2D eigenvalue weighted by atomic mass is 16.6. The standard InChI is InChI=1S/C12H15N5O4/c1-2-6-16-7-10(13)14-4-15-11(7)17(6)12-9(20)8(19)5(3-18)21-12/h2,4-5,8-9,12,18-20H,1,3H2,(H2,13,14,15)/t5-,8?,9?,12-/m1/s1. The van der Waals surface area contributed by atoms with Crippen molar-refractivity contribution in [3.8, 4) is 0 Å². The number of aliphatic hydroxyl groups excluding tert-OH is 3. The summed E-state index contributed by atoms with van der Waals surface area (Å²) in [4.78, 5) is 12.2. The maximum absolute atomic E-state index is 10.1. The van der Waals surface area contributed by atoms with Crippen LogP contribution < -0.4 is 5.73 Å². The number of imidazole rings is 1. The molecule has 3 rings (SSSR count). The van der Waals surface area contributed by atoms with Crippen LogP contribution in [0.1, 0.15) is 12.1 Å². The van der Waals surface area contributed by atoms with E-state index in [2.05, 4.69) is 21.5 Å². The van der Waals surface area contributed by atoms with E-state index in [1.807, 2.05) is 0 Å². The molecule has 4 atom stereocenters. The highest BCUT2D eigenvalue weighted by Gasteiger charge is 2.44. The molecule has 0 radical (unpaired) electrons. The van der Waals surface area contributed by atoms with Crippen molar-refractivity contribution in [3.05, 3.63) is 18.7 Å². The van der Waals surface area contributed by atoms with Gasteiger partial charge < -0.3 is 25.8 Å². The van der Waals surface area contributed by atoms with Gasteiger partial charge in [-0.25, -0.2) is 15.0 Å². The second-order valence-electron chi connectivity index (χ2n) is 4.70. The van der Waals surface area contributed by atoms with Gasteiger partial charge in [0.1, 0.15) is 30.5 Å². The van der Waals surface area contributed by atoms with E-state index >= 15 is 0 Å². The number of ether oxygens (including phenoxy) is 1. The first-order chi connectivity index (χ1) is 10.1. The molecule has 1 aliphatic heterocycles. The minimum Gasteiger partial charge on any atom is -0.394 e. The average molecular weight is 293 g/mol. The van der Waals surface area contributed by atoms with Crippen LogP contribution in [0.2, 0.25) is 0 Å². The summed E-state index contributed by atoms with van der Waals surface area (Å²) in [6.45, 7) is 3.23. The van der Waals surface area contributed by atoms with Crippen molar-refractivity contribution in [2.24, 2.45) is 0 Å². The largest absolute Gasteiger partial charge is 0.394 e. The number of hydrogen-bond donors (Lipinski definition) is 4. The summed E-state index contributed by atoms with van der Waals surface area (Å²) >= 11 is 0. The van der Waals surface area contributed by atoms with Gasteiger partial charge in [-0.05, 0) is 6.08 Å². The van der Waals surface area contributed by atoms with Gasteiger partial charge in [0.05, 0.1) is 6.61 Å². The van der Waals surface area contributed by atoms with Crippen LogP contribution in [0.5, 0.6) is 0 Å². The molecule has 1 saturated heterocycles. The zero-order chi connectivity index (χ0) is 15.1. The minimum atomic E-state index is -1.24. The Morgan fingerprint density at radius 3 is 2.76 bits per heavy atom. The molecule has 1 aliphatic rings. The molecule has 0 aromatic carbocycles. The number of aromatic nitrogens is 4. The molecule has 0 aliphatic carbocycles. The monoisotopic (exact) mass is 293 g/mol. The normalized spacial score (nSPS) is 29.1. The summed E-state index contributed by atoms with van der Waals surface area (Å²) in [6.07, 6.45) is -1.58. The lowest BCUT2D eigenvalue weighted by Gasteiger charge is -2.18. The maximum Gasteiger partial charge on any atom is 0.168 e. The van der Waals surface area contributed by atoms with E-state index in [0.29, 0.717) is 17.0 Å². The van der Waals surface area contributed by atoms with Gasteiger partial charge >= 0.3 is 0 Å². The quantitative estimate of drug-likeness (QED) is 0.545. The topological polar surface area (TPSA) is 140 Å². The van der Waals surface area contributed by atoms with E-state index in [9.17, 15) is 10.2 Å². The van der Waals surface area contributed by atoms with Crippen LogP contribution in [0.15, 0.2) is 12.9 Å². The van der Waals surface area contributed by atoms with Gasteiger partial charge in [-0.15, -0.1) is 0 Å². The van der Waals surface area contributed by atoms with Crippen LogP contribution in [0, 0.1) is 0 Å². The lowest BCUT2D eigenvalue weighted by atomic mass is 10.1. The first-order valence-electron chi connectivity index (χ1n) is 6.31. The molecule has 112 valence electrons. The molecule has 0 bridgehead atoms. The second-order valence-corrected chi connectivity index (χ2v) is 4.70. The molecule has 0 spiro atoms. The van der Waals surface area contributed by atoms with Crippen LogP contribution in [-0.2, 0) is 4.74 Å². The molecule has 0 amide bonds. The number of rotatable bonds is 3. The van der Waals surface area contributed by atoms with E-state index in [-0.39, 0.29) is 5.82 Å². The van der Waals surface area contributed by atoms with E-state index < -0.39 is 31.1 Å². The molecule has 2 aromatic rings. The first kappa shape index (κ1) is 13.9. The molecule has 0 saturated carbocycles. The number of nitrogens with two attached hydrogens (primary N) is 1. The Balaban J connectivity index is 2.16. The van der Waals surface area contributed by atoms with Crippen molar-refractivity contribution in [1.82, 2.24) is 19.5 Å². The number of nitrogen functional groups attached to an aromatic ring is 1. The number of hydrogen-bond acceptors (Lipinski definition) is 8. The number of fused-ring (bicyclic) bond motifs is 1. The Morgan fingerprint density at radius 1 is 1.38 bits per heavy atom. The predicted octanol–water partition coefficient (Wildman–Crippen LogP) is -1.34. The van der Waals surface area contributed by atoms with Gasteiger partial charge in [-0.3, -0.25) is 4.57 Å². The Labute approximate surface area is 119 Å². The molecule has 21 heavy (non-hydrogen) atoms. The van der Waals surface area contributed by atoms with Gasteiger partial charge in [-0.1, -0.05) is 6.58 Å². The third-order valence-corrected chi connectivity index (χ3v) is 3.49. The molecular formula is C12H15N5O4. The van der Waals surface area contributed by atoms with Crippen molar-refractivity contribution in [1.29, 1.82) is 0 Å². The van der Waals surface area contributed by atoms with Gasteiger partial charge in [0.15, 0.2) is 23.2 Å². The van der Waals surface area contributed by atoms with Gasteiger partial charge in [0.2, 0.25) is 0 Å². The van der Waals surface area contributed by atoms with Crippen LogP contribution in [0.4, 0.5) is 5.82 Å². The summed E-state index contributed by atoms with van der Waals surface area (Å²) < 4.78 is 6.97. The van der Waals surface area contributed by atoms with E-state index in [1.54, 1.807) is 0 Å². The van der Waals surface area contributed by atoms with Crippen molar-refractivity contribution in [2.75, 3.05) is 12.3 Å². The summed E-state index contributed by atoms with van der Waals surface area (Å²) in [5.41, 5.74) is 6.46. The van der Waals surface area contributed by atoms with Crippen molar-refractivity contribution in [3.63, 3.8) is 0 Å². The van der Waals surface area contributed by atoms with Crippen LogP contribution in [0.3, 0.4) is 0 Å². The van der Waals surface area contributed by atoms with E-state index in [4.69, 9.17) is 15.6 Å². The fourth-order valence-corrected chi connectivity index (χ4v) is 2.43. The van der Waals surface area contributed by atoms with Gasteiger partial charge in [0, 0.05) is 0 Å². The van der Waals surface area contributed by atoms with Crippen molar-refractivity contribution in [2.45, 2.75) is 24.5 Å². The van der Waals surface area contributed by atoms with E-state index in [0.717, 1.165) is 0 Å². The Bertz CT molecular complexity index is 688. The summed E-state index contributed by atoms with van der Waals surface area (Å²) in [6, 6.07) is 0. The highest BCUT2D eigenvalue weighted by molar-refractivity contribution is 5.83. The number of nitrogens with zero attached hydrogens (tertiary/aromatic N) is 4. The average Bonchev–Trinajstić information content (AvgIpc) is 2.99. The van der Waals surface area contributed by atoms with Crippen LogP contribution in [0.25, 0.3) is 17.2 Å². The molecule has 2 unspecified atom stereocenters. The van der Waals surface area contributed by atoms with Crippen LogP contribution in [-0.4, -0.2) is 59.8 Å². The molecule has 1 fully saturated rings. The lowest BCUT2D eigenvalue weighted by molar-refractivity contribution is -0.0513. The molecule has 9 heteroatoms. The fourth-order valence-electron chi connectivity index (χ4n) is 2.43. The maximum atomic E-state index is 10.1. The summed E-state index contributed by atoms with van der Waals surface area (Å²) in [5.74, 6) is 0.556. The number of aliphatic hydroxyl groups is 3. The van der Waals surface area contributed by atoms with Crippen molar-refractivity contribution < 1.29 is 20.1 Å². The molecular weight excluding hydrogens is 278 g/mol. The predicted molar refractivity (Wildman–Crippen MR) is 72.8 cm³/mol. The first-order valence-corrected chi connectivity index (χ1v) is 6.31. The fraction of sp³-hybridized carbons (Fsp3) is 0.417. The minimum absolute atomic E-state index is 0.189. The molecule has 5 N–H and O–H groups in total. The molecule has 2 aromatic heterocycles. The lowest BCUT2D eigenvalue weighted by Crippen LogP contribution is -2.33. The summed E-state index contributed by atoms with van der Waals surface area (Å²) in [7, 11) is 0. The Kier molecular flexibility index (Phi) is 3.33. The third kappa shape index (κ3) is 1.98. The van der Waals surface area contributed by atoms with Crippen LogP contribution >= 0.6 is 0 Å². The van der Waals surface area contributed by atoms with E-state index in [1.165, 1.54) is 17.0 Å². The Morgan fingerprint density at radius 2 is 2.14 bits per heavy atom. The Hall–Kier alpha value is -2.07. The summed E-state index contributed by atoms with van der Waals surface area (Å²) in [5, 5.41) is 29.2. The molecule has 9 nitrogen and oxygen atoms in total. The van der Waals surface area contributed by atoms with Gasteiger partial charge in [0.25, 0.3) is 0 Å². The third-order valence-electron chi connectivity index (χ3n) is 3.49. The SMILES string of the molecule is C=Cc1nc2c(N)ncnc2n1[C@@H]1O[C@H](CO)C(O)C1O. The van der Waals surface area contributed by atoms with Crippen molar-refractivity contribution >= 4 is 23.1 Å². The zero-order valence-electron chi connectivity index (χ0n) is 11.0. The smallest absolute Gasteiger partial charge is 0.168 e. The van der Waals surface area contributed by atoms with Gasteiger partial charge in [-0.2, -0.15) is 0 Å². The molecule has 3 heterocycles. The highest BCUT2D eigenvalue weighted by Crippen LogP contribution is 2.33. The second kappa shape index (κ2) is 5.04.